The molecule has 2 unspecified atom stereocenters. The van der Waals surface area contributed by atoms with Gasteiger partial charge in [0.05, 0.1) is 10.6 Å². The highest BCUT2D eigenvalue weighted by molar-refractivity contribution is 9.10. The average Bonchev–Trinajstić information content (AvgIpc) is 3.13. The van der Waals surface area contributed by atoms with Crippen molar-refractivity contribution in [3.8, 4) is 11.5 Å². The van der Waals surface area contributed by atoms with Gasteiger partial charge in [-0.25, -0.2) is 8.42 Å². The van der Waals surface area contributed by atoms with Crippen molar-refractivity contribution in [3.63, 3.8) is 0 Å². The maximum atomic E-state index is 14.7. The molecule has 0 heterocycles. The van der Waals surface area contributed by atoms with Gasteiger partial charge in [0.2, 0.25) is 11.8 Å². The molecular formula is C40H40BrN3O5S. The second-order valence-corrected chi connectivity index (χ2v) is 14.7. The molecule has 5 rings (SSSR count). The van der Waals surface area contributed by atoms with E-state index in [-0.39, 0.29) is 35.5 Å². The van der Waals surface area contributed by atoms with E-state index < -0.39 is 28.5 Å². The number of carbonyl (C=O) groups excluding carboxylic acids is 2. The number of anilines is 1. The molecule has 10 heteroatoms. The number of rotatable bonds is 15. The van der Waals surface area contributed by atoms with Gasteiger partial charge in [-0.1, -0.05) is 102 Å². The van der Waals surface area contributed by atoms with Crippen molar-refractivity contribution in [1.82, 2.24) is 10.2 Å². The van der Waals surface area contributed by atoms with E-state index in [4.69, 9.17) is 4.74 Å². The number of sulfonamides is 1. The minimum Gasteiger partial charge on any atom is -0.457 e. The molecule has 0 bridgehead atoms. The van der Waals surface area contributed by atoms with Crippen LogP contribution in [0.4, 0.5) is 5.69 Å². The lowest BCUT2D eigenvalue weighted by molar-refractivity contribution is -0.140. The number of halogens is 1. The van der Waals surface area contributed by atoms with E-state index in [0.717, 1.165) is 19.9 Å². The fraction of sp³-hybridized carbons (Fsp3) is 0.200. The molecule has 8 nitrogen and oxygen atoms in total. The van der Waals surface area contributed by atoms with Gasteiger partial charge in [-0.2, -0.15) is 0 Å². The maximum Gasteiger partial charge on any atom is 0.264 e. The van der Waals surface area contributed by atoms with E-state index in [1.54, 1.807) is 42.5 Å². The summed E-state index contributed by atoms with van der Waals surface area (Å²) in [6.07, 6.45) is 0.941. The number of para-hydroxylation sites is 1. The van der Waals surface area contributed by atoms with Crippen LogP contribution in [0.5, 0.6) is 11.5 Å². The second-order valence-electron chi connectivity index (χ2n) is 11.9. The lowest BCUT2D eigenvalue weighted by Crippen LogP contribution is -2.54. The Balaban J connectivity index is 1.55. The molecule has 50 heavy (non-hydrogen) atoms. The Kier molecular flexibility index (Phi) is 12.5. The molecule has 5 aromatic carbocycles. The molecule has 0 spiro atoms. The van der Waals surface area contributed by atoms with Crippen molar-refractivity contribution < 1.29 is 22.7 Å². The third kappa shape index (κ3) is 9.61. The van der Waals surface area contributed by atoms with Crippen LogP contribution < -0.4 is 14.4 Å². The molecule has 0 fully saturated rings. The SMILES string of the molecule is CCC(C)NC(=O)C(Cc1ccccc1)N(Cc1cccc(Br)c1)C(=O)CN(c1ccc(Oc2ccccc2)cc1)S(=O)(=O)c1ccccc1. The monoisotopic (exact) mass is 753 g/mol. The molecule has 0 saturated heterocycles. The molecule has 0 saturated carbocycles. The highest BCUT2D eigenvalue weighted by atomic mass is 79.9. The van der Waals surface area contributed by atoms with Gasteiger partial charge in [-0.15, -0.1) is 0 Å². The summed E-state index contributed by atoms with van der Waals surface area (Å²) >= 11 is 3.52. The van der Waals surface area contributed by atoms with Crippen molar-refractivity contribution in [3.05, 3.63) is 155 Å². The van der Waals surface area contributed by atoms with Crippen LogP contribution in [0.15, 0.2) is 149 Å². The Morgan fingerprint density at radius 2 is 1.34 bits per heavy atom. The lowest BCUT2D eigenvalue weighted by atomic mass is 10.0. The molecule has 258 valence electrons. The summed E-state index contributed by atoms with van der Waals surface area (Å²) in [6, 6.07) is 39.7. The summed E-state index contributed by atoms with van der Waals surface area (Å²) in [5.74, 6) is 0.289. The first kappa shape index (κ1) is 36.4. The number of carbonyl (C=O) groups is 2. The summed E-state index contributed by atoms with van der Waals surface area (Å²) in [5, 5.41) is 3.06. The molecule has 0 aliphatic heterocycles. The van der Waals surface area contributed by atoms with Gasteiger partial charge < -0.3 is 15.0 Å². The summed E-state index contributed by atoms with van der Waals surface area (Å²) in [7, 11) is -4.22. The molecule has 0 aliphatic rings. The van der Waals surface area contributed by atoms with Crippen LogP contribution in [0.3, 0.4) is 0 Å². The number of hydrogen-bond acceptors (Lipinski definition) is 5. The number of hydrogen-bond donors (Lipinski definition) is 1. The quantitative estimate of drug-likeness (QED) is 0.117. The minimum atomic E-state index is -4.22. The first-order valence-corrected chi connectivity index (χ1v) is 18.7. The normalized spacial score (nSPS) is 12.4. The number of nitrogens with one attached hydrogen (secondary N) is 1. The zero-order valence-electron chi connectivity index (χ0n) is 28.0. The predicted octanol–water partition coefficient (Wildman–Crippen LogP) is 7.99. The Bertz CT molecular complexity index is 1960. The molecule has 2 atom stereocenters. The number of ether oxygens (including phenoxy) is 1. The third-order valence-electron chi connectivity index (χ3n) is 8.23. The van der Waals surface area contributed by atoms with Gasteiger partial charge in [-0.3, -0.25) is 13.9 Å². The molecular weight excluding hydrogens is 714 g/mol. The molecule has 2 amide bonds. The van der Waals surface area contributed by atoms with Crippen LogP contribution in [0.2, 0.25) is 0 Å². The molecule has 1 N–H and O–H groups in total. The van der Waals surface area contributed by atoms with Gasteiger partial charge in [0, 0.05) is 23.5 Å². The average molecular weight is 755 g/mol. The zero-order chi connectivity index (χ0) is 35.5. The topological polar surface area (TPSA) is 96.0 Å². The highest BCUT2D eigenvalue weighted by Crippen LogP contribution is 2.29. The van der Waals surface area contributed by atoms with Gasteiger partial charge in [0.25, 0.3) is 10.0 Å². The van der Waals surface area contributed by atoms with Crippen LogP contribution in [-0.2, 0) is 32.6 Å². The van der Waals surface area contributed by atoms with Crippen LogP contribution in [-0.4, -0.2) is 43.8 Å². The Morgan fingerprint density at radius 1 is 0.760 bits per heavy atom. The zero-order valence-corrected chi connectivity index (χ0v) is 30.4. The predicted molar refractivity (Wildman–Crippen MR) is 200 cm³/mol. The van der Waals surface area contributed by atoms with Crippen LogP contribution in [0.1, 0.15) is 31.4 Å². The minimum absolute atomic E-state index is 0.0336. The van der Waals surface area contributed by atoms with Crippen LogP contribution in [0.25, 0.3) is 0 Å². The molecule has 5 aromatic rings. The maximum absolute atomic E-state index is 14.7. The summed E-state index contributed by atoms with van der Waals surface area (Å²) in [6.45, 7) is 3.42. The molecule has 0 aliphatic carbocycles. The second kappa shape index (κ2) is 17.1. The number of benzene rings is 5. The fourth-order valence-electron chi connectivity index (χ4n) is 5.38. The highest BCUT2D eigenvalue weighted by Gasteiger charge is 2.35. The van der Waals surface area contributed by atoms with Crippen LogP contribution in [0, 0.1) is 0 Å². The van der Waals surface area contributed by atoms with Gasteiger partial charge >= 0.3 is 0 Å². The summed E-state index contributed by atoms with van der Waals surface area (Å²) in [4.78, 5) is 30.2. The van der Waals surface area contributed by atoms with E-state index >= 15 is 0 Å². The van der Waals surface area contributed by atoms with Crippen molar-refractivity contribution in [2.75, 3.05) is 10.8 Å². The molecule has 0 aromatic heterocycles. The van der Waals surface area contributed by atoms with Crippen molar-refractivity contribution in [2.24, 2.45) is 0 Å². The van der Waals surface area contributed by atoms with E-state index in [2.05, 4.69) is 21.2 Å². The molecule has 0 radical (unpaired) electrons. The van der Waals surface area contributed by atoms with E-state index in [0.29, 0.717) is 17.9 Å². The number of nitrogens with zero attached hydrogens (tertiary/aromatic N) is 2. The smallest absolute Gasteiger partial charge is 0.264 e. The summed E-state index contributed by atoms with van der Waals surface area (Å²) in [5.41, 5.74) is 1.92. The van der Waals surface area contributed by atoms with Crippen molar-refractivity contribution in [2.45, 2.75) is 50.2 Å². The Labute approximate surface area is 302 Å². The van der Waals surface area contributed by atoms with Crippen LogP contribution >= 0.6 is 15.9 Å². The first-order valence-electron chi connectivity index (χ1n) is 16.4. The Hall–Kier alpha value is -4.93. The standard InChI is InChI=1S/C40H40BrN3O5S/c1-3-30(2)42-40(46)38(27-31-14-7-4-8-15-31)43(28-32-16-13-17-33(41)26-32)39(45)29-44(50(47,48)37-20-11-6-12-21-37)34-22-24-36(25-23-34)49-35-18-9-5-10-19-35/h4-26,30,38H,3,27-29H2,1-2H3,(H,42,46). The lowest BCUT2D eigenvalue weighted by Gasteiger charge is -2.34. The summed E-state index contributed by atoms with van der Waals surface area (Å²) < 4.78 is 36.4. The third-order valence-corrected chi connectivity index (χ3v) is 10.5. The number of amides is 2. The van der Waals surface area contributed by atoms with Gasteiger partial charge in [0.15, 0.2) is 0 Å². The fourth-order valence-corrected chi connectivity index (χ4v) is 7.26. The Morgan fingerprint density at radius 3 is 1.96 bits per heavy atom. The van der Waals surface area contributed by atoms with E-state index in [1.807, 2.05) is 98.8 Å². The largest absolute Gasteiger partial charge is 0.457 e. The van der Waals surface area contributed by atoms with Gasteiger partial charge in [0.1, 0.15) is 24.1 Å². The first-order chi connectivity index (χ1) is 24.1. The van der Waals surface area contributed by atoms with E-state index in [1.165, 1.54) is 17.0 Å². The van der Waals surface area contributed by atoms with Crippen molar-refractivity contribution in [1.29, 1.82) is 0 Å². The van der Waals surface area contributed by atoms with Crippen molar-refractivity contribution >= 4 is 43.5 Å². The van der Waals surface area contributed by atoms with E-state index in [9.17, 15) is 18.0 Å². The van der Waals surface area contributed by atoms with Gasteiger partial charge in [-0.05, 0) is 85.1 Å².